The number of aromatic nitrogens is 1. The molecule has 1 rings (SSSR count). The summed E-state index contributed by atoms with van der Waals surface area (Å²) in [5.41, 5.74) is 3.26. The number of ether oxygens (including phenoxy) is 1. The quantitative estimate of drug-likeness (QED) is 0.608. The Bertz CT molecular complexity index is 198. The molecule has 0 saturated carbocycles. The van der Waals surface area contributed by atoms with Crippen LogP contribution in [0.15, 0.2) is 5.38 Å². The fourth-order valence-electron chi connectivity index (χ4n) is 0.569. The monoisotopic (exact) mass is 156 g/mol. The van der Waals surface area contributed by atoms with E-state index in [4.69, 9.17) is 4.74 Å². The van der Waals surface area contributed by atoms with Gasteiger partial charge in [0.1, 0.15) is 0 Å². The van der Waals surface area contributed by atoms with Gasteiger partial charge < -0.3 is 4.74 Å². The van der Waals surface area contributed by atoms with Crippen LogP contribution in [0.4, 0.5) is 0 Å². The normalized spacial score (nSPS) is 12.9. The van der Waals surface area contributed by atoms with E-state index in [1.54, 1.807) is 5.38 Å². The van der Waals surface area contributed by atoms with Crippen LogP contribution in [0.2, 0.25) is 0 Å². The molecule has 0 aliphatic carbocycles. The predicted octanol–water partition coefficient (Wildman–Crippen LogP) is 0.830. The van der Waals surface area contributed by atoms with E-state index in [1.165, 1.54) is 18.4 Å². The first kappa shape index (κ1) is 7.37. The topological polar surface area (TPSA) is 39.2 Å². The fraction of sp³-hybridized carbons (Fsp3) is 0.333. The van der Waals surface area contributed by atoms with Crippen molar-refractivity contribution in [2.75, 3.05) is 7.11 Å². The Morgan fingerprint density at radius 3 is 3.20 bits per heavy atom. The zero-order chi connectivity index (χ0) is 7.40. The Kier molecular flexibility index (Phi) is 2.53. The molecule has 1 unspecified atom stereocenters. The number of methoxy groups -OCH3 is 1. The van der Waals surface area contributed by atoms with Crippen molar-refractivity contribution in [2.45, 2.75) is 6.10 Å². The Labute approximate surface area is 62.7 Å². The van der Waals surface area contributed by atoms with E-state index >= 15 is 0 Å². The largest absolute Gasteiger partial charge is 0.368 e. The predicted molar refractivity (Wildman–Crippen MR) is 36.8 cm³/mol. The molecule has 0 aliphatic rings. The van der Waals surface area contributed by atoms with Crippen LogP contribution < -0.4 is 0 Å². The molecule has 0 bridgehead atoms. The molecule has 4 heteroatoms. The summed E-state index contributed by atoms with van der Waals surface area (Å²) in [5, 5.41) is 1.74. The van der Waals surface area contributed by atoms with Gasteiger partial charge in [0, 0.05) is 12.5 Å². The van der Waals surface area contributed by atoms with E-state index in [-0.39, 0.29) is 0 Å². The average Bonchev–Trinajstić information content (AvgIpc) is 2.43. The molecule has 0 N–H and O–H groups in total. The van der Waals surface area contributed by atoms with Crippen molar-refractivity contribution in [3.63, 3.8) is 0 Å². The molecule has 3 nitrogen and oxygen atoms in total. The van der Waals surface area contributed by atoms with Gasteiger partial charge >= 0.3 is 0 Å². The van der Waals surface area contributed by atoms with Crippen molar-refractivity contribution < 1.29 is 9.53 Å². The van der Waals surface area contributed by atoms with E-state index < -0.39 is 6.10 Å². The van der Waals surface area contributed by atoms with Gasteiger partial charge in [-0.3, -0.25) is 4.79 Å². The van der Waals surface area contributed by atoms with Gasteiger partial charge in [-0.1, -0.05) is 0 Å². The van der Waals surface area contributed by atoms with Crippen molar-refractivity contribution in [3.05, 3.63) is 16.6 Å². The maximum Gasteiger partial charge on any atom is 0.155 e. The molecular weight excluding hydrogens is 150 g/mol. The molecular formula is C6H6NO2S. The summed E-state index contributed by atoms with van der Waals surface area (Å²) < 4.78 is 4.80. The van der Waals surface area contributed by atoms with E-state index in [0.717, 1.165) is 0 Å². The summed E-state index contributed by atoms with van der Waals surface area (Å²) in [6, 6.07) is 0. The minimum atomic E-state index is -0.525. The van der Waals surface area contributed by atoms with E-state index in [0.29, 0.717) is 12.0 Å². The molecule has 0 spiro atoms. The van der Waals surface area contributed by atoms with Crippen molar-refractivity contribution in [2.24, 2.45) is 0 Å². The third kappa shape index (κ3) is 1.40. The minimum Gasteiger partial charge on any atom is -0.368 e. The lowest BCUT2D eigenvalue weighted by molar-refractivity contribution is -0.116. The van der Waals surface area contributed by atoms with Gasteiger partial charge in [-0.2, -0.15) is 0 Å². The molecule has 0 fully saturated rings. The Balaban J connectivity index is 2.73. The SMILES string of the molecule is COC(C=O)c1cs[c]n1. The summed E-state index contributed by atoms with van der Waals surface area (Å²) in [6.45, 7) is 0. The second-order valence-electron chi connectivity index (χ2n) is 1.66. The molecule has 1 heterocycles. The van der Waals surface area contributed by atoms with Crippen LogP contribution in [0.5, 0.6) is 0 Å². The smallest absolute Gasteiger partial charge is 0.155 e. The van der Waals surface area contributed by atoms with Crippen LogP contribution >= 0.6 is 11.3 Å². The summed E-state index contributed by atoms with van der Waals surface area (Å²) in [4.78, 5) is 14.1. The second kappa shape index (κ2) is 3.43. The first-order valence-corrected chi connectivity index (χ1v) is 3.56. The number of thiazole rings is 1. The lowest BCUT2D eigenvalue weighted by Crippen LogP contribution is -2.02. The third-order valence-corrected chi connectivity index (χ3v) is 1.63. The number of hydrogen-bond acceptors (Lipinski definition) is 4. The summed E-state index contributed by atoms with van der Waals surface area (Å²) in [7, 11) is 1.47. The number of hydrogen-bond donors (Lipinski definition) is 0. The molecule has 10 heavy (non-hydrogen) atoms. The van der Waals surface area contributed by atoms with E-state index in [2.05, 4.69) is 10.5 Å². The molecule has 1 aromatic heterocycles. The van der Waals surface area contributed by atoms with Crippen LogP contribution in [0.25, 0.3) is 0 Å². The lowest BCUT2D eigenvalue weighted by atomic mass is 10.3. The first-order valence-electron chi connectivity index (χ1n) is 2.68. The Hall–Kier alpha value is -0.740. The molecule has 0 aromatic carbocycles. The highest BCUT2D eigenvalue weighted by Gasteiger charge is 2.09. The molecule has 0 amide bonds. The number of carbonyl (C=O) groups is 1. The third-order valence-electron chi connectivity index (χ3n) is 1.08. The van der Waals surface area contributed by atoms with Crippen LogP contribution in [-0.4, -0.2) is 18.4 Å². The van der Waals surface area contributed by atoms with Crippen LogP contribution in [-0.2, 0) is 9.53 Å². The zero-order valence-electron chi connectivity index (χ0n) is 5.40. The van der Waals surface area contributed by atoms with Gasteiger partial charge in [-0.05, 0) is 0 Å². The molecule has 0 saturated heterocycles. The second-order valence-corrected chi connectivity index (χ2v) is 2.31. The maximum absolute atomic E-state index is 10.3. The Morgan fingerprint density at radius 2 is 2.80 bits per heavy atom. The maximum atomic E-state index is 10.3. The number of aldehydes is 1. The lowest BCUT2D eigenvalue weighted by Gasteiger charge is -2.01. The number of nitrogens with zero attached hydrogens (tertiary/aromatic N) is 1. The van der Waals surface area contributed by atoms with Gasteiger partial charge in [0.15, 0.2) is 17.9 Å². The fourth-order valence-corrected chi connectivity index (χ4v) is 1.09. The van der Waals surface area contributed by atoms with Crippen molar-refractivity contribution in [1.29, 1.82) is 0 Å². The van der Waals surface area contributed by atoms with Crippen LogP contribution in [0, 0.1) is 5.51 Å². The highest BCUT2D eigenvalue weighted by atomic mass is 32.1. The van der Waals surface area contributed by atoms with Gasteiger partial charge in [-0.25, -0.2) is 4.98 Å². The van der Waals surface area contributed by atoms with Crippen LogP contribution in [0.1, 0.15) is 11.8 Å². The number of carbonyl (C=O) groups excluding carboxylic acids is 1. The minimum absolute atomic E-state index is 0.525. The first-order chi connectivity index (χ1) is 4.88. The average molecular weight is 156 g/mol. The van der Waals surface area contributed by atoms with Crippen molar-refractivity contribution >= 4 is 17.6 Å². The van der Waals surface area contributed by atoms with Gasteiger partial charge in [-0.15, -0.1) is 11.3 Å². The Morgan fingerprint density at radius 1 is 2.00 bits per heavy atom. The molecule has 53 valence electrons. The van der Waals surface area contributed by atoms with Crippen LogP contribution in [0.3, 0.4) is 0 Å². The summed E-state index contributed by atoms with van der Waals surface area (Å²) >= 11 is 1.32. The molecule has 0 aliphatic heterocycles. The van der Waals surface area contributed by atoms with Crippen molar-refractivity contribution in [3.8, 4) is 0 Å². The molecule has 1 atom stereocenters. The number of rotatable bonds is 3. The van der Waals surface area contributed by atoms with Crippen molar-refractivity contribution in [1.82, 2.24) is 4.98 Å². The van der Waals surface area contributed by atoms with Gasteiger partial charge in [0.05, 0.1) is 5.69 Å². The highest BCUT2D eigenvalue weighted by molar-refractivity contribution is 7.07. The molecule has 1 aromatic rings. The zero-order valence-corrected chi connectivity index (χ0v) is 6.22. The summed E-state index contributed by atoms with van der Waals surface area (Å²) in [5.74, 6) is 0. The van der Waals surface area contributed by atoms with E-state index in [9.17, 15) is 4.79 Å². The van der Waals surface area contributed by atoms with E-state index in [1.807, 2.05) is 0 Å². The summed E-state index contributed by atoms with van der Waals surface area (Å²) in [6.07, 6.45) is 0.186. The van der Waals surface area contributed by atoms with Gasteiger partial charge in [0.2, 0.25) is 0 Å². The van der Waals surface area contributed by atoms with Gasteiger partial charge in [0.25, 0.3) is 0 Å². The standard InChI is InChI=1S/C6H6NO2S/c1-9-6(2-8)5-3-10-4-7-5/h2-3,6H,1H3. The molecule has 1 radical (unpaired) electrons. The highest BCUT2D eigenvalue weighted by Crippen LogP contribution is 2.12.